The first kappa shape index (κ1) is 16.7. The van der Waals surface area contributed by atoms with E-state index in [1.165, 1.54) is 5.56 Å². The van der Waals surface area contributed by atoms with E-state index in [1.54, 1.807) is 0 Å². The summed E-state index contributed by atoms with van der Waals surface area (Å²) in [7, 11) is 0. The number of hydrogen-bond donors (Lipinski definition) is 1. The molecule has 2 aliphatic rings. The smallest absolute Gasteiger partial charge is 0.128 e. The van der Waals surface area contributed by atoms with Crippen molar-refractivity contribution in [2.24, 2.45) is 0 Å². The second-order valence-corrected chi connectivity index (χ2v) is 7.29. The summed E-state index contributed by atoms with van der Waals surface area (Å²) >= 11 is 3.52. The number of nitrogens with one attached hydrogen (secondary N) is 1. The highest BCUT2D eigenvalue weighted by atomic mass is 79.9. The Labute approximate surface area is 156 Å². The Morgan fingerprint density at radius 3 is 2.80 bits per heavy atom. The largest absolute Gasteiger partial charge is 0.493 e. The zero-order valence-electron chi connectivity index (χ0n) is 14.1. The highest BCUT2D eigenvalue weighted by molar-refractivity contribution is 9.10. The molecule has 1 fully saturated rings. The molecule has 1 atom stereocenters. The average molecular weight is 404 g/mol. The van der Waals surface area contributed by atoms with Crippen LogP contribution in [0.4, 0.5) is 11.5 Å². The van der Waals surface area contributed by atoms with Crippen LogP contribution in [0.1, 0.15) is 24.4 Å². The summed E-state index contributed by atoms with van der Waals surface area (Å²) in [6.45, 7) is 4.12. The van der Waals surface area contributed by atoms with Gasteiger partial charge in [-0.3, -0.25) is 0 Å². The monoisotopic (exact) mass is 403 g/mol. The Morgan fingerprint density at radius 2 is 2.00 bits per heavy atom. The molecule has 2 aromatic rings. The van der Waals surface area contributed by atoms with E-state index < -0.39 is 0 Å². The van der Waals surface area contributed by atoms with Crippen molar-refractivity contribution in [2.45, 2.75) is 18.9 Å². The first-order valence-electron chi connectivity index (χ1n) is 8.77. The standard InChI is InChI=1S/C19H22BrN3O2/c20-14-3-5-16-17(2-1-9-25-18(16)12-14)22-15-4-6-19(21-13-15)23-7-10-24-11-8-23/h3-6,12-13,17,22H,1-2,7-11H2. The third kappa shape index (κ3) is 3.90. The highest BCUT2D eigenvalue weighted by Crippen LogP contribution is 2.35. The Morgan fingerprint density at radius 1 is 1.12 bits per heavy atom. The summed E-state index contributed by atoms with van der Waals surface area (Å²) in [6.07, 6.45) is 4.00. The summed E-state index contributed by atoms with van der Waals surface area (Å²) in [5, 5.41) is 3.63. The molecule has 3 heterocycles. The van der Waals surface area contributed by atoms with Gasteiger partial charge in [-0.2, -0.15) is 0 Å². The number of anilines is 2. The molecule has 1 aromatic heterocycles. The van der Waals surface area contributed by atoms with Gasteiger partial charge in [0.2, 0.25) is 0 Å². The van der Waals surface area contributed by atoms with Crippen molar-refractivity contribution in [2.75, 3.05) is 43.1 Å². The van der Waals surface area contributed by atoms with E-state index in [2.05, 4.69) is 61.5 Å². The Hall–Kier alpha value is -1.79. The maximum absolute atomic E-state index is 5.89. The van der Waals surface area contributed by atoms with Gasteiger partial charge in [-0.15, -0.1) is 0 Å². The van der Waals surface area contributed by atoms with Crippen molar-refractivity contribution in [3.8, 4) is 5.75 Å². The predicted octanol–water partition coefficient (Wildman–Crippen LogP) is 4.01. The molecule has 0 amide bonds. The van der Waals surface area contributed by atoms with Crippen LogP contribution in [0, 0.1) is 0 Å². The van der Waals surface area contributed by atoms with E-state index in [9.17, 15) is 0 Å². The van der Waals surface area contributed by atoms with E-state index in [1.807, 2.05) is 6.20 Å². The molecule has 1 saturated heterocycles. The van der Waals surface area contributed by atoms with Crippen molar-refractivity contribution in [1.29, 1.82) is 0 Å². The SMILES string of the molecule is Brc1ccc2c(c1)OCCCC2Nc1ccc(N2CCOCC2)nc1. The molecule has 0 spiro atoms. The van der Waals surface area contributed by atoms with E-state index in [-0.39, 0.29) is 6.04 Å². The predicted molar refractivity (Wildman–Crippen MR) is 103 cm³/mol. The number of benzene rings is 1. The van der Waals surface area contributed by atoms with Crippen molar-refractivity contribution in [3.63, 3.8) is 0 Å². The third-order valence-electron chi connectivity index (χ3n) is 4.67. The second-order valence-electron chi connectivity index (χ2n) is 6.37. The number of morpholine rings is 1. The first-order chi connectivity index (χ1) is 12.3. The van der Waals surface area contributed by atoms with Crippen LogP contribution in [0.5, 0.6) is 5.75 Å². The lowest BCUT2D eigenvalue weighted by Crippen LogP contribution is -2.36. The normalized spacial score (nSPS) is 20.4. The van der Waals surface area contributed by atoms with Gasteiger partial charge in [0.05, 0.1) is 37.7 Å². The number of halogens is 1. The lowest BCUT2D eigenvalue weighted by atomic mass is 10.0. The van der Waals surface area contributed by atoms with E-state index in [4.69, 9.17) is 9.47 Å². The molecule has 6 heteroatoms. The molecule has 132 valence electrons. The molecular formula is C19H22BrN3O2. The van der Waals surface area contributed by atoms with Gasteiger partial charge in [-0.05, 0) is 37.1 Å². The van der Waals surface area contributed by atoms with Crippen molar-refractivity contribution in [3.05, 3.63) is 46.6 Å². The fraction of sp³-hybridized carbons (Fsp3) is 0.421. The summed E-state index contributed by atoms with van der Waals surface area (Å²) in [5.74, 6) is 1.98. The molecule has 4 rings (SSSR count). The Kier molecular flexibility index (Phi) is 5.08. The lowest BCUT2D eigenvalue weighted by Gasteiger charge is -2.28. The summed E-state index contributed by atoms with van der Waals surface area (Å²) in [6, 6.07) is 10.7. The maximum atomic E-state index is 5.89. The molecule has 0 bridgehead atoms. The van der Waals surface area contributed by atoms with Crippen LogP contribution in [0.25, 0.3) is 0 Å². The fourth-order valence-electron chi connectivity index (χ4n) is 3.35. The maximum Gasteiger partial charge on any atom is 0.128 e. The van der Waals surface area contributed by atoms with Crippen molar-refractivity contribution < 1.29 is 9.47 Å². The molecule has 0 saturated carbocycles. The molecule has 25 heavy (non-hydrogen) atoms. The molecule has 0 aliphatic carbocycles. The highest BCUT2D eigenvalue weighted by Gasteiger charge is 2.20. The van der Waals surface area contributed by atoms with E-state index in [0.717, 1.165) is 67.5 Å². The van der Waals surface area contributed by atoms with Gasteiger partial charge in [0.25, 0.3) is 0 Å². The minimum Gasteiger partial charge on any atom is -0.493 e. The summed E-state index contributed by atoms with van der Waals surface area (Å²) < 4.78 is 12.3. The van der Waals surface area contributed by atoms with Crippen LogP contribution >= 0.6 is 15.9 Å². The molecular weight excluding hydrogens is 382 g/mol. The number of pyridine rings is 1. The van der Waals surface area contributed by atoms with Gasteiger partial charge in [-0.25, -0.2) is 4.98 Å². The fourth-order valence-corrected chi connectivity index (χ4v) is 3.69. The molecule has 2 aliphatic heterocycles. The number of rotatable bonds is 3. The van der Waals surface area contributed by atoms with Crippen molar-refractivity contribution in [1.82, 2.24) is 4.98 Å². The minimum absolute atomic E-state index is 0.238. The zero-order chi connectivity index (χ0) is 17.1. The van der Waals surface area contributed by atoms with Crippen LogP contribution in [-0.4, -0.2) is 37.9 Å². The number of fused-ring (bicyclic) bond motifs is 1. The van der Waals surface area contributed by atoms with E-state index >= 15 is 0 Å². The second kappa shape index (κ2) is 7.62. The van der Waals surface area contributed by atoms with E-state index in [0.29, 0.717) is 0 Å². The van der Waals surface area contributed by atoms with Crippen LogP contribution in [0.15, 0.2) is 41.0 Å². The molecule has 1 N–H and O–H groups in total. The van der Waals surface area contributed by atoms with Gasteiger partial charge >= 0.3 is 0 Å². The topological polar surface area (TPSA) is 46.6 Å². The number of aromatic nitrogens is 1. The quantitative estimate of drug-likeness (QED) is 0.838. The van der Waals surface area contributed by atoms with Gasteiger partial charge in [0, 0.05) is 23.1 Å². The number of hydrogen-bond acceptors (Lipinski definition) is 5. The summed E-state index contributed by atoms with van der Waals surface area (Å²) in [5.41, 5.74) is 2.25. The van der Waals surface area contributed by atoms with Crippen LogP contribution in [0.2, 0.25) is 0 Å². The lowest BCUT2D eigenvalue weighted by molar-refractivity contribution is 0.122. The zero-order valence-corrected chi connectivity index (χ0v) is 15.7. The van der Waals surface area contributed by atoms with Crippen LogP contribution in [-0.2, 0) is 4.74 Å². The molecule has 5 nitrogen and oxygen atoms in total. The van der Waals surface area contributed by atoms with Gasteiger partial charge < -0.3 is 19.7 Å². The van der Waals surface area contributed by atoms with Gasteiger partial charge in [-0.1, -0.05) is 22.0 Å². The van der Waals surface area contributed by atoms with Gasteiger partial charge in [0.15, 0.2) is 0 Å². The summed E-state index contributed by atoms with van der Waals surface area (Å²) in [4.78, 5) is 6.89. The van der Waals surface area contributed by atoms with Crippen LogP contribution in [0.3, 0.4) is 0 Å². The number of ether oxygens (including phenoxy) is 2. The Bertz CT molecular complexity index is 717. The average Bonchev–Trinajstić information content (AvgIpc) is 2.85. The van der Waals surface area contributed by atoms with Crippen LogP contribution < -0.4 is 15.0 Å². The Balaban J connectivity index is 1.50. The number of nitrogens with zero attached hydrogens (tertiary/aromatic N) is 2. The van der Waals surface area contributed by atoms with Crippen molar-refractivity contribution >= 4 is 27.4 Å². The molecule has 1 aromatic carbocycles. The third-order valence-corrected chi connectivity index (χ3v) is 5.16. The van der Waals surface area contributed by atoms with Gasteiger partial charge in [0.1, 0.15) is 11.6 Å². The molecule has 0 radical (unpaired) electrons. The first-order valence-corrected chi connectivity index (χ1v) is 9.56. The molecule has 1 unspecified atom stereocenters. The minimum atomic E-state index is 0.238.